The highest BCUT2D eigenvalue weighted by atomic mass is 35.5. The molecule has 0 aliphatic carbocycles. The van der Waals surface area contributed by atoms with Gasteiger partial charge in [-0.3, -0.25) is 5.10 Å². The van der Waals surface area contributed by atoms with Crippen LogP contribution in [0.2, 0.25) is 10.0 Å². The van der Waals surface area contributed by atoms with Crippen LogP contribution >= 0.6 is 31.1 Å². The predicted molar refractivity (Wildman–Crippen MR) is 150 cm³/mol. The van der Waals surface area contributed by atoms with Crippen molar-refractivity contribution in [3.05, 3.63) is 82.5 Å². The average molecular weight is 521 g/mol. The van der Waals surface area contributed by atoms with E-state index in [1.807, 2.05) is 61.5 Å². The van der Waals surface area contributed by atoms with Crippen molar-refractivity contribution in [2.45, 2.75) is 6.92 Å². The Hall–Kier alpha value is -3.18. The summed E-state index contributed by atoms with van der Waals surface area (Å²) in [5, 5.41) is 17.7. The highest BCUT2D eigenvalue weighted by molar-refractivity contribution is 7.64. The molecule has 0 aliphatic rings. The topological polar surface area (TPSA) is 78.5 Å². The first-order valence-electron chi connectivity index (χ1n) is 11.0. The van der Waals surface area contributed by atoms with Crippen LogP contribution in [0.15, 0.2) is 66.9 Å². The zero-order valence-electron chi connectivity index (χ0n) is 19.4. The summed E-state index contributed by atoms with van der Waals surface area (Å²) in [5.41, 5.74) is 5.56. The second-order valence-electron chi connectivity index (χ2n) is 8.35. The Morgan fingerprint density at radius 2 is 1.74 bits per heavy atom. The highest BCUT2D eigenvalue weighted by Crippen LogP contribution is 2.33. The summed E-state index contributed by atoms with van der Waals surface area (Å²) in [5.74, 6) is 0.986. The molecule has 5 rings (SSSR count). The molecular formula is C26H23Cl2N6P. The molecule has 0 radical (unpaired) electrons. The van der Waals surface area contributed by atoms with E-state index in [9.17, 15) is 0 Å². The maximum Gasteiger partial charge on any atom is 0.229 e. The highest BCUT2D eigenvalue weighted by Gasteiger charge is 2.13. The Morgan fingerprint density at radius 3 is 2.54 bits per heavy atom. The molecule has 2 aromatic heterocycles. The van der Waals surface area contributed by atoms with Gasteiger partial charge < -0.3 is 10.6 Å². The lowest BCUT2D eigenvalue weighted by molar-refractivity contribution is 1.12. The van der Waals surface area contributed by atoms with Crippen molar-refractivity contribution in [3.63, 3.8) is 0 Å². The van der Waals surface area contributed by atoms with Crippen LogP contribution in [0.5, 0.6) is 0 Å². The van der Waals surface area contributed by atoms with Crippen LogP contribution in [0.4, 0.5) is 23.1 Å². The Morgan fingerprint density at radius 1 is 0.914 bits per heavy atom. The summed E-state index contributed by atoms with van der Waals surface area (Å²) in [6.07, 6.45) is 1.60. The number of halogens is 2. The number of aromatic amines is 1. The number of H-pyrrole nitrogens is 1. The Bertz CT molecular complexity index is 1530. The molecule has 0 saturated carbocycles. The number of benzene rings is 3. The third-order valence-electron chi connectivity index (χ3n) is 5.65. The third kappa shape index (κ3) is 4.96. The fourth-order valence-corrected chi connectivity index (χ4v) is 5.11. The molecule has 35 heavy (non-hydrogen) atoms. The largest absolute Gasteiger partial charge is 0.338 e. The van der Waals surface area contributed by atoms with Crippen molar-refractivity contribution in [2.75, 3.05) is 24.0 Å². The van der Waals surface area contributed by atoms with E-state index < -0.39 is 0 Å². The molecule has 9 heteroatoms. The molecular weight excluding hydrogens is 498 g/mol. The van der Waals surface area contributed by atoms with Crippen LogP contribution in [0.1, 0.15) is 5.56 Å². The molecule has 0 fully saturated rings. The Balaban J connectivity index is 1.45. The predicted octanol–water partition coefficient (Wildman–Crippen LogP) is 7.49. The summed E-state index contributed by atoms with van der Waals surface area (Å²) in [6.45, 7) is 6.42. The standard InChI is InChI=1S/C26H23Cl2N6P/c1-15-8-9-16(12-19(15)27)24-18-13-17(10-11-21(18)33-34-24)30-26-29-14-20(28)25(32-26)31-22-6-4-5-7-23(22)35(2)3/h4-14H,1-3H3,(H,33,34)(H2,29,30,31,32). The normalized spacial score (nSPS) is 11.3. The zero-order chi connectivity index (χ0) is 24.5. The molecule has 2 heterocycles. The number of nitrogens with one attached hydrogen (secondary N) is 3. The number of fused-ring (bicyclic) bond motifs is 1. The minimum Gasteiger partial charge on any atom is -0.338 e. The summed E-state index contributed by atoms with van der Waals surface area (Å²) in [4.78, 5) is 9.01. The van der Waals surface area contributed by atoms with Crippen LogP contribution in [0, 0.1) is 6.92 Å². The number of aryl methyl sites for hydroxylation is 1. The third-order valence-corrected chi connectivity index (χ3v) is 7.68. The molecule has 0 unspecified atom stereocenters. The Kier molecular flexibility index (Phi) is 6.61. The number of para-hydroxylation sites is 1. The van der Waals surface area contributed by atoms with Gasteiger partial charge in [0.2, 0.25) is 5.95 Å². The molecule has 0 saturated heterocycles. The molecule has 3 aromatic carbocycles. The van der Waals surface area contributed by atoms with Crippen LogP contribution in [0.25, 0.3) is 22.2 Å². The van der Waals surface area contributed by atoms with Gasteiger partial charge in [0.05, 0.1) is 11.7 Å². The van der Waals surface area contributed by atoms with Crippen LogP contribution in [-0.2, 0) is 0 Å². The van der Waals surface area contributed by atoms with Crippen molar-refractivity contribution >= 4 is 70.5 Å². The monoisotopic (exact) mass is 520 g/mol. The molecule has 0 atom stereocenters. The lowest BCUT2D eigenvalue weighted by Gasteiger charge is -2.15. The number of hydrogen-bond donors (Lipinski definition) is 3. The van der Waals surface area contributed by atoms with Gasteiger partial charge in [0.25, 0.3) is 0 Å². The summed E-state index contributed by atoms with van der Waals surface area (Å²) < 4.78 is 0. The van der Waals surface area contributed by atoms with Gasteiger partial charge in [0, 0.05) is 27.3 Å². The van der Waals surface area contributed by atoms with E-state index in [0.717, 1.165) is 39.1 Å². The number of rotatable bonds is 6. The lowest BCUT2D eigenvalue weighted by atomic mass is 10.1. The van der Waals surface area contributed by atoms with Crippen LogP contribution in [-0.4, -0.2) is 33.5 Å². The molecule has 5 aromatic rings. The number of nitrogens with zero attached hydrogens (tertiary/aromatic N) is 3. The fourth-order valence-electron chi connectivity index (χ4n) is 3.79. The SMILES string of the molecule is Cc1ccc(-c2n[nH]c3ccc(Nc4ncc(Cl)c(Nc5ccccc5P(C)C)n4)cc23)cc1Cl. The average Bonchev–Trinajstić information content (AvgIpc) is 3.26. The van der Waals surface area contributed by atoms with E-state index in [0.29, 0.717) is 21.8 Å². The fraction of sp³-hybridized carbons (Fsp3) is 0.115. The molecule has 0 spiro atoms. The van der Waals surface area contributed by atoms with Crippen molar-refractivity contribution in [3.8, 4) is 11.3 Å². The van der Waals surface area contributed by atoms with Crippen molar-refractivity contribution < 1.29 is 0 Å². The maximum absolute atomic E-state index is 6.42. The molecule has 176 valence electrons. The first kappa shape index (κ1) is 23.6. The molecule has 0 aliphatic heterocycles. The van der Waals surface area contributed by atoms with Crippen LogP contribution < -0.4 is 15.9 Å². The number of hydrogen-bond acceptors (Lipinski definition) is 5. The van der Waals surface area contributed by atoms with E-state index in [4.69, 9.17) is 23.2 Å². The van der Waals surface area contributed by atoms with E-state index in [1.54, 1.807) is 6.20 Å². The summed E-state index contributed by atoms with van der Waals surface area (Å²) in [6, 6.07) is 20.1. The van der Waals surface area contributed by atoms with Gasteiger partial charge in [-0.25, -0.2) is 4.98 Å². The van der Waals surface area contributed by atoms with Gasteiger partial charge in [0.15, 0.2) is 5.82 Å². The van der Waals surface area contributed by atoms with Gasteiger partial charge in [-0.2, -0.15) is 10.1 Å². The first-order chi connectivity index (χ1) is 16.9. The quantitative estimate of drug-likeness (QED) is 0.202. The van der Waals surface area contributed by atoms with E-state index in [1.165, 1.54) is 5.30 Å². The van der Waals surface area contributed by atoms with Crippen molar-refractivity contribution in [1.82, 2.24) is 20.2 Å². The van der Waals surface area contributed by atoms with Gasteiger partial charge in [-0.05, 0) is 61.5 Å². The minimum absolute atomic E-state index is 0.290. The van der Waals surface area contributed by atoms with Gasteiger partial charge >= 0.3 is 0 Å². The summed E-state index contributed by atoms with van der Waals surface area (Å²) >= 11 is 12.8. The van der Waals surface area contributed by atoms with Crippen molar-refractivity contribution in [1.29, 1.82) is 0 Å². The number of anilines is 4. The van der Waals surface area contributed by atoms with E-state index >= 15 is 0 Å². The van der Waals surface area contributed by atoms with Gasteiger partial charge in [0.1, 0.15) is 10.7 Å². The molecule has 3 N–H and O–H groups in total. The van der Waals surface area contributed by atoms with E-state index in [2.05, 4.69) is 50.2 Å². The van der Waals surface area contributed by atoms with Crippen molar-refractivity contribution in [2.24, 2.45) is 0 Å². The second kappa shape index (κ2) is 9.82. The van der Waals surface area contributed by atoms with Gasteiger partial charge in [-0.1, -0.05) is 61.5 Å². The first-order valence-corrected chi connectivity index (χ1v) is 14.0. The Labute approximate surface area is 214 Å². The minimum atomic E-state index is -0.290. The summed E-state index contributed by atoms with van der Waals surface area (Å²) in [7, 11) is -0.290. The van der Waals surface area contributed by atoms with Gasteiger partial charge in [-0.15, -0.1) is 0 Å². The zero-order valence-corrected chi connectivity index (χ0v) is 21.8. The van der Waals surface area contributed by atoms with Crippen LogP contribution in [0.3, 0.4) is 0 Å². The smallest absolute Gasteiger partial charge is 0.229 e. The number of aromatic nitrogens is 4. The molecule has 0 amide bonds. The van der Waals surface area contributed by atoms with E-state index in [-0.39, 0.29) is 7.92 Å². The lowest BCUT2D eigenvalue weighted by Crippen LogP contribution is -2.09. The second-order valence-corrected chi connectivity index (χ2v) is 11.4. The molecule has 0 bridgehead atoms. The molecule has 6 nitrogen and oxygen atoms in total. The maximum atomic E-state index is 6.42.